The van der Waals surface area contributed by atoms with E-state index in [4.69, 9.17) is 4.74 Å². The minimum absolute atomic E-state index is 0.116. The third-order valence-electron chi connectivity index (χ3n) is 5.58. The van der Waals surface area contributed by atoms with Gasteiger partial charge in [-0.3, -0.25) is 9.59 Å². The first-order chi connectivity index (χ1) is 15.6. The van der Waals surface area contributed by atoms with Crippen molar-refractivity contribution in [2.45, 2.75) is 39.2 Å². The Labute approximate surface area is 190 Å². The first-order valence-corrected chi connectivity index (χ1v) is 11.3. The van der Waals surface area contributed by atoms with Gasteiger partial charge in [-0.15, -0.1) is 0 Å². The van der Waals surface area contributed by atoms with Gasteiger partial charge < -0.3 is 15.0 Å². The normalized spacial score (nSPS) is 11.7. The van der Waals surface area contributed by atoms with E-state index >= 15 is 0 Å². The minimum atomic E-state index is -0.570. The maximum atomic E-state index is 13.2. The molecule has 2 amide bonds. The molecule has 0 saturated heterocycles. The van der Waals surface area contributed by atoms with Gasteiger partial charge >= 0.3 is 0 Å². The summed E-state index contributed by atoms with van der Waals surface area (Å²) in [5.41, 5.74) is 1.12. The van der Waals surface area contributed by atoms with Crippen LogP contribution in [-0.4, -0.2) is 42.5 Å². The van der Waals surface area contributed by atoms with E-state index in [9.17, 15) is 9.59 Å². The second-order valence-electron chi connectivity index (χ2n) is 7.91. The van der Waals surface area contributed by atoms with Crippen LogP contribution in [0.1, 0.15) is 32.3 Å². The lowest BCUT2D eigenvalue weighted by molar-refractivity contribution is -0.141. The highest BCUT2D eigenvalue weighted by Gasteiger charge is 2.26. The van der Waals surface area contributed by atoms with Crippen molar-refractivity contribution < 1.29 is 14.3 Å². The fraction of sp³-hybridized carbons (Fsp3) is 0.333. The second-order valence-corrected chi connectivity index (χ2v) is 7.91. The van der Waals surface area contributed by atoms with Crippen LogP contribution in [0.5, 0.6) is 5.75 Å². The lowest BCUT2D eigenvalue weighted by Crippen LogP contribution is -2.50. The number of nitrogens with zero attached hydrogens (tertiary/aromatic N) is 1. The molecular weight excluding hydrogens is 400 g/mol. The minimum Gasteiger partial charge on any atom is -0.483 e. The van der Waals surface area contributed by atoms with E-state index in [1.165, 1.54) is 0 Å². The molecular formula is C27H32N2O3. The number of rotatable bonds is 11. The van der Waals surface area contributed by atoms with Crippen LogP contribution in [0, 0.1) is 0 Å². The summed E-state index contributed by atoms with van der Waals surface area (Å²) in [7, 11) is 0. The summed E-state index contributed by atoms with van der Waals surface area (Å²) in [4.78, 5) is 27.5. The summed E-state index contributed by atoms with van der Waals surface area (Å²) in [6.07, 6.45) is 2.60. The maximum Gasteiger partial charge on any atom is 0.261 e. The second kappa shape index (κ2) is 11.9. The predicted molar refractivity (Wildman–Crippen MR) is 129 cm³/mol. The van der Waals surface area contributed by atoms with Crippen LogP contribution in [0.4, 0.5) is 0 Å². The van der Waals surface area contributed by atoms with Crippen LogP contribution in [0.3, 0.4) is 0 Å². The summed E-state index contributed by atoms with van der Waals surface area (Å²) in [6.45, 7) is 4.81. The molecule has 0 aromatic heterocycles. The first-order valence-electron chi connectivity index (χ1n) is 11.3. The molecule has 0 aliphatic carbocycles. The first kappa shape index (κ1) is 23.3. The number of hydrogen-bond donors (Lipinski definition) is 1. The van der Waals surface area contributed by atoms with Crippen LogP contribution < -0.4 is 10.1 Å². The number of carbonyl (C=O) groups is 2. The molecule has 0 saturated carbocycles. The quantitative estimate of drug-likeness (QED) is 0.451. The Kier molecular flexibility index (Phi) is 8.67. The van der Waals surface area contributed by atoms with E-state index in [0.717, 1.165) is 29.2 Å². The molecule has 0 spiro atoms. The highest BCUT2D eigenvalue weighted by molar-refractivity contribution is 5.90. The number of benzene rings is 3. The summed E-state index contributed by atoms with van der Waals surface area (Å²) in [6, 6.07) is 23.1. The standard InChI is InChI=1S/C27H32N2O3/c1-3-4-18-28-27(31)21(2)29(19-17-22-11-6-5-7-12-22)26(30)20-32-25-16-10-14-23-13-8-9-15-24(23)25/h5-16,21H,3-4,17-20H2,1-2H3,(H,28,31). The zero-order valence-corrected chi connectivity index (χ0v) is 18.9. The fourth-order valence-corrected chi connectivity index (χ4v) is 3.65. The third-order valence-corrected chi connectivity index (χ3v) is 5.58. The van der Waals surface area contributed by atoms with Crippen LogP contribution >= 0.6 is 0 Å². The number of fused-ring (bicyclic) bond motifs is 1. The van der Waals surface area contributed by atoms with E-state index in [1.54, 1.807) is 11.8 Å². The largest absolute Gasteiger partial charge is 0.483 e. The highest BCUT2D eigenvalue weighted by Crippen LogP contribution is 2.25. The predicted octanol–water partition coefficient (Wildman–Crippen LogP) is 4.59. The summed E-state index contributed by atoms with van der Waals surface area (Å²) >= 11 is 0. The Hall–Kier alpha value is -3.34. The van der Waals surface area contributed by atoms with E-state index < -0.39 is 6.04 Å². The van der Waals surface area contributed by atoms with E-state index in [-0.39, 0.29) is 18.4 Å². The third kappa shape index (κ3) is 6.33. The zero-order valence-electron chi connectivity index (χ0n) is 18.9. The molecule has 3 aromatic rings. The molecule has 3 aromatic carbocycles. The van der Waals surface area contributed by atoms with Crippen molar-refractivity contribution >= 4 is 22.6 Å². The number of carbonyl (C=O) groups excluding carboxylic acids is 2. The summed E-state index contributed by atoms with van der Waals surface area (Å²) in [5.74, 6) is 0.330. The Morgan fingerprint density at radius 3 is 2.47 bits per heavy atom. The van der Waals surface area contributed by atoms with Gasteiger partial charge in [0.1, 0.15) is 11.8 Å². The van der Waals surface area contributed by atoms with E-state index in [0.29, 0.717) is 25.3 Å². The van der Waals surface area contributed by atoms with Crippen LogP contribution in [0.25, 0.3) is 10.8 Å². The van der Waals surface area contributed by atoms with Gasteiger partial charge in [0, 0.05) is 18.5 Å². The molecule has 3 rings (SSSR count). The zero-order chi connectivity index (χ0) is 22.8. The number of hydrogen-bond acceptors (Lipinski definition) is 3. The summed E-state index contributed by atoms with van der Waals surface area (Å²) in [5, 5.41) is 4.96. The molecule has 0 bridgehead atoms. The van der Waals surface area contributed by atoms with E-state index in [2.05, 4.69) is 12.2 Å². The highest BCUT2D eigenvalue weighted by atomic mass is 16.5. The van der Waals surface area contributed by atoms with Crippen LogP contribution in [0.15, 0.2) is 72.8 Å². The molecule has 5 nitrogen and oxygen atoms in total. The van der Waals surface area contributed by atoms with Gasteiger partial charge in [0.05, 0.1) is 0 Å². The van der Waals surface area contributed by atoms with Crippen molar-refractivity contribution in [3.63, 3.8) is 0 Å². The van der Waals surface area contributed by atoms with Crippen molar-refractivity contribution in [1.29, 1.82) is 0 Å². The Morgan fingerprint density at radius 2 is 1.69 bits per heavy atom. The molecule has 1 N–H and O–H groups in total. The van der Waals surface area contributed by atoms with Gasteiger partial charge in [-0.05, 0) is 36.8 Å². The van der Waals surface area contributed by atoms with Crippen molar-refractivity contribution in [3.8, 4) is 5.75 Å². The van der Waals surface area contributed by atoms with Gasteiger partial charge in [-0.2, -0.15) is 0 Å². The molecule has 0 heterocycles. The Morgan fingerprint density at radius 1 is 0.969 bits per heavy atom. The Bertz CT molecular complexity index is 1010. The molecule has 5 heteroatoms. The molecule has 0 aliphatic heterocycles. The Balaban J connectivity index is 1.70. The van der Waals surface area contributed by atoms with Crippen LogP contribution in [0.2, 0.25) is 0 Å². The monoisotopic (exact) mass is 432 g/mol. The molecule has 0 radical (unpaired) electrons. The lowest BCUT2D eigenvalue weighted by atomic mass is 10.1. The van der Waals surface area contributed by atoms with Gasteiger partial charge in [-0.1, -0.05) is 80.1 Å². The number of ether oxygens (including phenoxy) is 1. The van der Waals surface area contributed by atoms with Gasteiger partial charge in [0.15, 0.2) is 6.61 Å². The average Bonchev–Trinajstić information content (AvgIpc) is 2.83. The maximum absolute atomic E-state index is 13.2. The SMILES string of the molecule is CCCCNC(=O)C(C)N(CCc1ccccc1)C(=O)COc1cccc2ccccc12. The van der Waals surface area contributed by atoms with Crippen molar-refractivity contribution in [2.24, 2.45) is 0 Å². The molecule has 32 heavy (non-hydrogen) atoms. The topological polar surface area (TPSA) is 58.6 Å². The van der Waals surface area contributed by atoms with Gasteiger partial charge in [0.25, 0.3) is 5.91 Å². The lowest BCUT2D eigenvalue weighted by Gasteiger charge is -2.28. The van der Waals surface area contributed by atoms with E-state index in [1.807, 2.05) is 72.8 Å². The number of nitrogens with one attached hydrogen (secondary N) is 1. The molecule has 168 valence electrons. The molecule has 0 fully saturated rings. The number of unbranched alkanes of at least 4 members (excludes halogenated alkanes) is 1. The number of amides is 2. The fourth-order valence-electron chi connectivity index (χ4n) is 3.65. The smallest absolute Gasteiger partial charge is 0.261 e. The summed E-state index contributed by atoms with van der Waals surface area (Å²) < 4.78 is 5.92. The van der Waals surface area contributed by atoms with Gasteiger partial charge in [-0.25, -0.2) is 0 Å². The van der Waals surface area contributed by atoms with Gasteiger partial charge in [0.2, 0.25) is 5.91 Å². The van der Waals surface area contributed by atoms with Crippen LogP contribution in [-0.2, 0) is 16.0 Å². The molecule has 0 aliphatic rings. The average molecular weight is 433 g/mol. The van der Waals surface area contributed by atoms with Crippen molar-refractivity contribution in [3.05, 3.63) is 78.4 Å². The van der Waals surface area contributed by atoms with Crippen molar-refractivity contribution in [1.82, 2.24) is 10.2 Å². The molecule has 1 atom stereocenters. The molecule has 1 unspecified atom stereocenters. The van der Waals surface area contributed by atoms with Crippen molar-refractivity contribution in [2.75, 3.05) is 19.7 Å².